The molecule has 0 radical (unpaired) electrons. The first kappa shape index (κ1) is 11.9. The van der Waals surface area contributed by atoms with E-state index in [9.17, 15) is 4.79 Å². The molecular formula is C10H19NO2S. The van der Waals surface area contributed by atoms with Crippen molar-refractivity contribution in [3.8, 4) is 0 Å². The zero-order valence-corrected chi connectivity index (χ0v) is 9.80. The Morgan fingerprint density at radius 3 is 3.00 bits per heavy atom. The van der Waals surface area contributed by atoms with Crippen molar-refractivity contribution in [3.05, 3.63) is 0 Å². The molecule has 1 rings (SSSR count). The van der Waals surface area contributed by atoms with Gasteiger partial charge in [0.15, 0.2) is 0 Å². The monoisotopic (exact) mass is 217 g/mol. The van der Waals surface area contributed by atoms with Gasteiger partial charge in [0.2, 0.25) is 5.91 Å². The molecule has 0 bridgehead atoms. The second-order valence-electron chi connectivity index (χ2n) is 3.68. The Labute approximate surface area is 91.2 Å². The Bertz CT molecular complexity index is 195. The molecule has 1 heterocycles. The molecular weight excluding hydrogens is 198 g/mol. The van der Waals surface area contributed by atoms with E-state index in [2.05, 4.69) is 12.6 Å². The highest BCUT2D eigenvalue weighted by Gasteiger charge is 2.25. The molecule has 1 saturated heterocycles. The number of hydrogen-bond donors (Lipinski definition) is 1. The molecule has 0 aromatic carbocycles. The first-order chi connectivity index (χ1) is 6.65. The normalized spacial score (nSPS) is 24.8. The molecule has 3 nitrogen and oxygen atoms in total. The van der Waals surface area contributed by atoms with Gasteiger partial charge in [-0.15, -0.1) is 0 Å². The van der Waals surface area contributed by atoms with Crippen molar-refractivity contribution in [2.75, 3.05) is 19.7 Å². The van der Waals surface area contributed by atoms with Gasteiger partial charge in [0, 0.05) is 19.7 Å². The van der Waals surface area contributed by atoms with Crippen LogP contribution in [0.5, 0.6) is 0 Å². The number of amides is 1. The maximum atomic E-state index is 11.6. The Hall–Kier alpha value is -0.220. The van der Waals surface area contributed by atoms with E-state index in [1.54, 1.807) is 0 Å². The molecule has 1 amide bonds. The molecule has 4 heteroatoms. The molecule has 1 aliphatic rings. The van der Waals surface area contributed by atoms with Gasteiger partial charge in [-0.05, 0) is 26.7 Å². The average Bonchev–Trinajstić information content (AvgIpc) is 2.17. The van der Waals surface area contributed by atoms with E-state index in [0.29, 0.717) is 0 Å². The van der Waals surface area contributed by atoms with Crippen molar-refractivity contribution in [3.63, 3.8) is 0 Å². The number of rotatable bonds is 3. The number of ether oxygens (including phenoxy) is 1. The molecule has 14 heavy (non-hydrogen) atoms. The van der Waals surface area contributed by atoms with Gasteiger partial charge in [-0.3, -0.25) is 4.79 Å². The summed E-state index contributed by atoms with van der Waals surface area (Å²) < 4.78 is 5.52. The van der Waals surface area contributed by atoms with Crippen LogP contribution in [0, 0.1) is 0 Å². The van der Waals surface area contributed by atoms with Crippen LogP contribution >= 0.6 is 12.6 Å². The molecule has 0 saturated carbocycles. The van der Waals surface area contributed by atoms with Gasteiger partial charge in [0.1, 0.15) is 0 Å². The highest BCUT2D eigenvalue weighted by atomic mass is 32.1. The summed E-state index contributed by atoms with van der Waals surface area (Å²) in [5, 5.41) is -0.199. The third-order valence-corrected chi connectivity index (χ3v) is 2.67. The number of piperidine rings is 1. The lowest BCUT2D eigenvalue weighted by Gasteiger charge is -2.33. The summed E-state index contributed by atoms with van der Waals surface area (Å²) in [6, 6.07) is 0. The molecule has 82 valence electrons. The minimum absolute atomic E-state index is 0.123. The largest absolute Gasteiger partial charge is 0.377 e. The van der Waals surface area contributed by atoms with Crippen LogP contribution in [0.3, 0.4) is 0 Å². The summed E-state index contributed by atoms with van der Waals surface area (Å²) in [5.41, 5.74) is 0. The fourth-order valence-corrected chi connectivity index (χ4v) is 1.94. The molecule has 1 fully saturated rings. The fourth-order valence-electron chi connectivity index (χ4n) is 1.77. The van der Waals surface area contributed by atoms with Gasteiger partial charge in [-0.2, -0.15) is 12.6 Å². The maximum absolute atomic E-state index is 11.6. The third kappa shape index (κ3) is 3.17. The van der Waals surface area contributed by atoms with E-state index in [1.165, 1.54) is 0 Å². The number of carbonyl (C=O) groups excluding carboxylic acids is 1. The predicted molar refractivity (Wildman–Crippen MR) is 59.7 cm³/mol. The van der Waals surface area contributed by atoms with Crippen LogP contribution in [0.4, 0.5) is 0 Å². The van der Waals surface area contributed by atoms with Crippen LogP contribution in [0.15, 0.2) is 0 Å². The quantitative estimate of drug-likeness (QED) is 0.723. The first-order valence-corrected chi connectivity index (χ1v) is 5.75. The first-order valence-electron chi connectivity index (χ1n) is 5.23. The number of likely N-dealkylation sites (tertiary alicyclic amines) is 1. The average molecular weight is 217 g/mol. The summed E-state index contributed by atoms with van der Waals surface area (Å²) in [6.45, 7) is 6.12. The molecule has 0 aromatic rings. The predicted octanol–water partition coefficient (Wildman–Crippen LogP) is 1.33. The molecule has 0 aliphatic carbocycles. The Morgan fingerprint density at radius 1 is 1.71 bits per heavy atom. The van der Waals surface area contributed by atoms with Crippen molar-refractivity contribution in [2.24, 2.45) is 0 Å². The second kappa shape index (κ2) is 5.61. The van der Waals surface area contributed by atoms with E-state index in [1.807, 2.05) is 18.7 Å². The Balaban J connectivity index is 2.43. The summed E-state index contributed by atoms with van der Waals surface area (Å²) >= 11 is 4.15. The lowest BCUT2D eigenvalue weighted by atomic mass is 10.1. The van der Waals surface area contributed by atoms with E-state index in [0.717, 1.165) is 32.5 Å². The Morgan fingerprint density at radius 2 is 2.43 bits per heavy atom. The third-order valence-electron chi connectivity index (χ3n) is 2.45. The molecule has 1 aliphatic heterocycles. The van der Waals surface area contributed by atoms with Crippen molar-refractivity contribution in [1.82, 2.24) is 4.90 Å². The van der Waals surface area contributed by atoms with Crippen molar-refractivity contribution >= 4 is 18.5 Å². The summed E-state index contributed by atoms with van der Waals surface area (Å²) in [5.74, 6) is 0.123. The van der Waals surface area contributed by atoms with Crippen LogP contribution < -0.4 is 0 Å². The molecule has 2 atom stereocenters. The van der Waals surface area contributed by atoms with Crippen LogP contribution in [-0.4, -0.2) is 41.9 Å². The van der Waals surface area contributed by atoms with Crippen LogP contribution in [-0.2, 0) is 9.53 Å². The number of hydrogen-bond acceptors (Lipinski definition) is 3. The number of carbonyl (C=O) groups is 1. The van der Waals surface area contributed by atoms with Gasteiger partial charge < -0.3 is 9.64 Å². The van der Waals surface area contributed by atoms with Crippen LogP contribution in [0.2, 0.25) is 0 Å². The smallest absolute Gasteiger partial charge is 0.235 e. The van der Waals surface area contributed by atoms with Gasteiger partial charge in [0.05, 0.1) is 11.4 Å². The number of thiol groups is 1. The fraction of sp³-hybridized carbons (Fsp3) is 0.900. The van der Waals surface area contributed by atoms with Gasteiger partial charge >= 0.3 is 0 Å². The highest BCUT2D eigenvalue weighted by Crippen LogP contribution is 2.15. The minimum atomic E-state index is -0.199. The second-order valence-corrected chi connectivity index (χ2v) is 4.45. The SMILES string of the molecule is CCOC1CCCN(C(=O)C(C)S)C1. The van der Waals surface area contributed by atoms with Gasteiger partial charge in [-0.25, -0.2) is 0 Å². The topological polar surface area (TPSA) is 29.5 Å². The van der Waals surface area contributed by atoms with E-state index in [4.69, 9.17) is 4.74 Å². The zero-order chi connectivity index (χ0) is 10.6. The summed E-state index contributed by atoms with van der Waals surface area (Å²) in [4.78, 5) is 13.5. The van der Waals surface area contributed by atoms with Crippen molar-refractivity contribution < 1.29 is 9.53 Å². The number of nitrogens with zero attached hydrogens (tertiary/aromatic N) is 1. The molecule has 0 N–H and O–H groups in total. The van der Waals surface area contributed by atoms with Crippen molar-refractivity contribution in [1.29, 1.82) is 0 Å². The van der Waals surface area contributed by atoms with Crippen LogP contribution in [0.25, 0.3) is 0 Å². The Kier molecular flexibility index (Phi) is 4.75. The lowest BCUT2D eigenvalue weighted by Crippen LogP contribution is -2.45. The lowest BCUT2D eigenvalue weighted by molar-refractivity contribution is -0.134. The summed E-state index contributed by atoms with van der Waals surface area (Å²) in [6.07, 6.45) is 2.33. The van der Waals surface area contributed by atoms with Gasteiger partial charge in [0.25, 0.3) is 0 Å². The zero-order valence-electron chi connectivity index (χ0n) is 8.90. The molecule has 0 spiro atoms. The van der Waals surface area contributed by atoms with Crippen LogP contribution in [0.1, 0.15) is 26.7 Å². The van der Waals surface area contributed by atoms with E-state index in [-0.39, 0.29) is 17.3 Å². The van der Waals surface area contributed by atoms with E-state index >= 15 is 0 Å². The van der Waals surface area contributed by atoms with Crippen molar-refractivity contribution in [2.45, 2.75) is 38.0 Å². The minimum Gasteiger partial charge on any atom is -0.377 e. The molecule has 0 aromatic heterocycles. The highest BCUT2D eigenvalue weighted by molar-refractivity contribution is 7.81. The van der Waals surface area contributed by atoms with Gasteiger partial charge in [-0.1, -0.05) is 0 Å². The van der Waals surface area contributed by atoms with E-state index < -0.39 is 0 Å². The summed E-state index contributed by atoms with van der Waals surface area (Å²) in [7, 11) is 0. The molecule has 2 unspecified atom stereocenters. The maximum Gasteiger partial charge on any atom is 0.235 e. The standard InChI is InChI=1S/C10H19NO2S/c1-3-13-9-5-4-6-11(7-9)10(12)8(2)14/h8-9,14H,3-7H2,1-2H3.